The number of fused-ring (bicyclic) bond motifs is 1. The van der Waals surface area contributed by atoms with Crippen LogP contribution < -0.4 is 11.1 Å². The van der Waals surface area contributed by atoms with E-state index in [1.807, 2.05) is 18.7 Å². The van der Waals surface area contributed by atoms with Crippen molar-refractivity contribution in [1.82, 2.24) is 9.88 Å². The maximum atomic E-state index is 11.4. The van der Waals surface area contributed by atoms with Gasteiger partial charge in [-0.1, -0.05) is 11.3 Å². The Labute approximate surface area is 111 Å². The van der Waals surface area contributed by atoms with Crippen LogP contribution in [0.1, 0.15) is 31.3 Å². The Bertz CT molecular complexity index is 449. The van der Waals surface area contributed by atoms with Gasteiger partial charge in [0, 0.05) is 36.9 Å². The molecule has 0 bridgehead atoms. The highest BCUT2D eigenvalue weighted by molar-refractivity contribution is 7.15. The van der Waals surface area contributed by atoms with E-state index >= 15 is 0 Å². The standard InChI is InChI=1S/C12H20N4OS/c1-8(17)16-5-4-9-10(6-16)18-11(15-9)14-7-12(2,3)13/h4-7,13H2,1-3H3,(H,14,15). The van der Waals surface area contributed by atoms with E-state index in [1.54, 1.807) is 18.3 Å². The first-order chi connectivity index (χ1) is 8.35. The highest BCUT2D eigenvalue weighted by Gasteiger charge is 2.22. The van der Waals surface area contributed by atoms with Crippen LogP contribution in [0.25, 0.3) is 0 Å². The number of nitrogens with two attached hydrogens (primary N) is 1. The molecule has 3 N–H and O–H groups in total. The second-order valence-corrected chi connectivity index (χ2v) is 6.51. The number of hydrogen-bond donors (Lipinski definition) is 2. The number of carbonyl (C=O) groups excluding carboxylic acids is 1. The monoisotopic (exact) mass is 268 g/mol. The Balaban J connectivity index is 2.04. The van der Waals surface area contributed by atoms with Crippen molar-refractivity contribution in [3.05, 3.63) is 10.6 Å². The molecule has 1 aliphatic heterocycles. The molecule has 18 heavy (non-hydrogen) atoms. The van der Waals surface area contributed by atoms with Gasteiger partial charge in [0.2, 0.25) is 5.91 Å². The summed E-state index contributed by atoms with van der Waals surface area (Å²) in [5, 5.41) is 4.17. The quantitative estimate of drug-likeness (QED) is 0.864. The highest BCUT2D eigenvalue weighted by atomic mass is 32.1. The number of carbonyl (C=O) groups is 1. The van der Waals surface area contributed by atoms with Crippen LogP contribution in [0.3, 0.4) is 0 Å². The number of nitrogens with zero attached hydrogens (tertiary/aromatic N) is 2. The summed E-state index contributed by atoms with van der Waals surface area (Å²) in [6, 6.07) is 0. The van der Waals surface area contributed by atoms with Crippen molar-refractivity contribution in [2.75, 3.05) is 18.4 Å². The van der Waals surface area contributed by atoms with Gasteiger partial charge in [0.25, 0.3) is 0 Å². The van der Waals surface area contributed by atoms with Gasteiger partial charge in [0.15, 0.2) is 5.13 Å². The highest BCUT2D eigenvalue weighted by Crippen LogP contribution is 2.28. The van der Waals surface area contributed by atoms with E-state index in [0.29, 0.717) is 13.1 Å². The van der Waals surface area contributed by atoms with Gasteiger partial charge in [-0.2, -0.15) is 0 Å². The Morgan fingerprint density at radius 2 is 2.33 bits per heavy atom. The minimum atomic E-state index is -0.252. The molecule has 1 aromatic rings. The first-order valence-corrected chi connectivity index (χ1v) is 6.94. The van der Waals surface area contributed by atoms with Crippen molar-refractivity contribution < 1.29 is 4.79 Å². The molecule has 0 saturated heterocycles. The summed E-state index contributed by atoms with van der Waals surface area (Å²) in [6.07, 6.45) is 0.846. The fourth-order valence-electron chi connectivity index (χ4n) is 1.84. The fraction of sp³-hybridized carbons (Fsp3) is 0.667. The zero-order valence-corrected chi connectivity index (χ0v) is 11.9. The average molecular weight is 268 g/mol. The third kappa shape index (κ3) is 3.20. The maximum Gasteiger partial charge on any atom is 0.219 e. The van der Waals surface area contributed by atoms with Crippen LogP contribution in [0, 0.1) is 0 Å². The lowest BCUT2D eigenvalue weighted by atomic mass is 10.1. The van der Waals surface area contributed by atoms with E-state index in [9.17, 15) is 4.79 Å². The van der Waals surface area contributed by atoms with Gasteiger partial charge in [0.05, 0.1) is 12.2 Å². The van der Waals surface area contributed by atoms with Gasteiger partial charge in [-0.05, 0) is 13.8 Å². The number of amides is 1. The smallest absolute Gasteiger partial charge is 0.219 e. The van der Waals surface area contributed by atoms with Crippen LogP contribution >= 0.6 is 11.3 Å². The molecule has 2 rings (SSSR count). The van der Waals surface area contributed by atoms with Gasteiger partial charge in [-0.25, -0.2) is 4.98 Å². The van der Waals surface area contributed by atoms with Crippen molar-refractivity contribution in [3.63, 3.8) is 0 Å². The van der Waals surface area contributed by atoms with E-state index in [4.69, 9.17) is 5.73 Å². The zero-order valence-electron chi connectivity index (χ0n) is 11.1. The molecular formula is C12H20N4OS. The van der Waals surface area contributed by atoms with Crippen molar-refractivity contribution in [1.29, 1.82) is 0 Å². The number of thiazole rings is 1. The summed E-state index contributed by atoms with van der Waals surface area (Å²) in [5.74, 6) is 0.131. The van der Waals surface area contributed by atoms with E-state index in [2.05, 4.69) is 10.3 Å². The van der Waals surface area contributed by atoms with E-state index in [-0.39, 0.29) is 11.4 Å². The molecule has 0 aromatic carbocycles. The van der Waals surface area contributed by atoms with Crippen LogP contribution in [0.5, 0.6) is 0 Å². The number of nitrogens with one attached hydrogen (secondary N) is 1. The summed E-state index contributed by atoms with van der Waals surface area (Å²) < 4.78 is 0. The van der Waals surface area contributed by atoms with Gasteiger partial charge < -0.3 is 16.0 Å². The molecule has 2 heterocycles. The molecule has 0 aliphatic carbocycles. The fourth-order valence-corrected chi connectivity index (χ4v) is 2.86. The predicted molar refractivity (Wildman–Crippen MR) is 73.7 cm³/mol. The largest absolute Gasteiger partial charge is 0.360 e. The second-order valence-electron chi connectivity index (χ2n) is 5.42. The van der Waals surface area contributed by atoms with E-state index in [1.165, 1.54) is 4.88 Å². The summed E-state index contributed by atoms with van der Waals surface area (Å²) in [6.45, 7) is 7.72. The molecule has 0 atom stereocenters. The SMILES string of the molecule is CC(=O)N1CCc2nc(NCC(C)(C)N)sc2C1. The van der Waals surface area contributed by atoms with Crippen molar-refractivity contribution >= 4 is 22.4 Å². The first-order valence-electron chi connectivity index (χ1n) is 6.12. The number of anilines is 1. The Hall–Kier alpha value is -1.14. The number of rotatable bonds is 3. The van der Waals surface area contributed by atoms with Crippen LogP contribution in [-0.4, -0.2) is 34.4 Å². The Morgan fingerprint density at radius 3 is 2.94 bits per heavy atom. The molecule has 0 radical (unpaired) electrons. The summed E-state index contributed by atoms with van der Waals surface area (Å²) >= 11 is 1.63. The van der Waals surface area contributed by atoms with Crippen LogP contribution in [-0.2, 0) is 17.8 Å². The van der Waals surface area contributed by atoms with Crippen molar-refractivity contribution in [2.24, 2.45) is 5.73 Å². The molecule has 6 heteroatoms. The van der Waals surface area contributed by atoms with Crippen molar-refractivity contribution in [3.8, 4) is 0 Å². The van der Waals surface area contributed by atoms with Gasteiger partial charge in [-0.3, -0.25) is 4.79 Å². The number of hydrogen-bond acceptors (Lipinski definition) is 5. The predicted octanol–water partition coefficient (Wildman–Crippen LogP) is 1.20. The molecule has 100 valence electrons. The van der Waals surface area contributed by atoms with Gasteiger partial charge in [-0.15, -0.1) is 0 Å². The summed E-state index contributed by atoms with van der Waals surface area (Å²) in [4.78, 5) is 19.0. The van der Waals surface area contributed by atoms with Crippen LogP contribution in [0.2, 0.25) is 0 Å². The molecule has 5 nitrogen and oxygen atoms in total. The lowest BCUT2D eigenvalue weighted by Crippen LogP contribution is -2.39. The lowest BCUT2D eigenvalue weighted by molar-refractivity contribution is -0.129. The minimum Gasteiger partial charge on any atom is -0.360 e. The maximum absolute atomic E-state index is 11.4. The number of aromatic nitrogens is 1. The Morgan fingerprint density at radius 1 is 1.61 bits per heavy atom. The molecular weight excluding hydrogens is 248 g/mol. The van der Waals surface area contributed by atoms with E-state index < -0.39 is 0 Å². The van der Waals surface area contributed by atoms with Crippen molar-refractivity contribution in [2.45, 2.75) is 39.3 Å². The zero-order chi connectivity index (χ0) is 13.3. The molecule has 1 aromatic heterocycles. The summed E-state index contributed by atoms with van der Waals surface area (Å²) in [7, 11) is 0. The average Bonchev–Trinajstić information content (AvgIpc) is 2.66. The Kier molecular flexibility index (Phi) is 3.59. The van der Waals surface area contributed by atoms with Crippen LogP contribution in [0.15, 0.2) is 0 Å². The summed E-state index contributed by atoms with van der Waals surface area (Å²) in [5.41, 5.74) is 6.80. The third-order valence-corrected chi connectivity index (χ3v) is 3.91. The molecule has 1 aliphatic rings. The topological polar surface area (TPSA) is 71.2 Å². The van der Waals surface area contributed by atoms with E-state index in [0.717, 1.165) is 23.8 Å². The second kappa shape index (κ2) is 4.85. The van der Waals surface area contributed by atoms with Gasteiger partial charge in [0.1, 0.15) is 0 Å². The molecule has 0 spiro atoms. The normalized spacial score (nSPS) is 15.4. The molecule has 1 amide bonds. The molecule has 0 fully saturated rings. The third-order valence-electron chi connectivity index (χ3n) is 2.87. The minimum absolute atomic E-state index is 0.131. The van der Waals surface area contributed by atoms with Gasteiger partial charge >= 0.3 is 0 Å². The lowest BCUT2D eigenvalue weighted by Gasteiger charge is -2.24. The molecule has 0 unspecified atom stereocenters. The van der Waals surface area contributed by atoms with Crippen LogP contribution in [0.4, 0.5) is 5.13 Å². The first kappa shape index (κ1) is 13.3. The molecule has 0 saturated carbocycles.